The molecule has 0 saturated carbocycles. The normalized spacial score (nSPS) is 11.8. The van der Waals surface area contributed by atoms with E-state index >= 15 is 0 Å². The molecule has 0 atom stereocenters. The molecule has 1 nitrogen and oxygen atoms in total. The third kappa shape index (κ3) is 0.947. The Morgan fingerprint density at radius 2 is 1.81 bits per heavy atom. The van der Waals surface area contributed by atoms with Crippen LogP contribution < -0.4 is 0 Å². The van der Waals surface area contributed by atoms with E-state index in [1.807, 2.05) is 12.1 Å². The standard InChI is InChI=1S/C14H8OS/c1-2-4-11-10(3-1)13-12(15-11)6-5-9-7-8-16-14(9)13/h1-8H. The van der Waals surface area contributed by atoms with Crippen LogP contribution in [-0.4, -0.2) is 0 Å². The van der Waals surface area contributed by atoms with Crippen molar-refractivity contribution in [1.29, 1.82) is 0 Å². The zero-order chi connectivity index (χ0) is 10.5. The number of hydrogen-bond acceptors (Lipinski definition) is 2. The second kappa shape index (κ2) is 2.86. The van der Waals surface area contributed by atoms with Gasteiger partial charge in [-0.05, 0) is 35.0 Å². The molecule has 0 radical (unpaired) electrons. The van der Waals surface area contributed by atoms with Gasteiger partial charge in [-0.1, -0.05) is 18.2 Å². The van der Waals surface area contributed by atoms with Gasteiger partial charge in [-0.15, -0.1) is 11.3 Å². The van der Waals surface area contributed by atoms with Crippen molar-refractivity contribution in [3.05, 3.63) is 47.8 Å². The first-order valence-corrected chi connectivity index (χ1v) is 6.09. The number of benzene rings is 2. The monoisotopic (exact) mass is 224 g/mol. The van der Waals surface area contributed by atoms with Crippen molar-refractivity contribution in [3.8, 4) is 0 Å². The summed E-state index contributed by atoms with van der Waals surface area (Å²) in [6, 6.07) is 14.6. The zero-order valence-corrected chi connectivity index (χ0v) is 9.25. The van der Waals surface area contributed by atoms with Crippen LogP contribution in [0.25, 0.3) is 32.0 Å². The first-order valence-electron chi connectivity index (χ1n) is 5.21. The molecule has 0 N–H and O–H groups in total. The summed E-state index contributed by atoms with van der Waals surface area (Å²) in [5.74, 6) is 0. The maximum Gasteiger partial charge on any atom is 0.136 e. The molecule has 0 spiro atoms. The van der Waals surface area contributed by atoms with Crippen LogP contribution in [0.3, 0.4) is 0 Å². The number of para-hydroxylation sites is 1. The average molecular weight is 224 g/mol. The molecule has 76 valence electrons. The summed E-state index contributed by atoms with van der Waals surface area (Å²) < 4.78 is 7.16. The number of rotatable bonds is 0. The molecule has 2 aromatic heterocycles. The van der Waals surface area contributed by atoms with Crippen LogP contribution >= 0.6 is 11.3 Å². The molecule has 4 aromatic rings. The Bertz CT molecular complexity index is 807. The summed E-state index contributed by atoms with van der Waals surface area (Å²) in [6.45, 7) is 0. The Labute approximate surface area is 95.9 Å². The average Bonchev–Trinajstić information content (AvgIpc) is 2.91. The predicted octanol–water partition coefficient (Wildman–Crippen LogP) is 4.80. The molecule has 2 heteroatoms. The van der Waals surface area contributed by atoms with E-state index in [0.29, 0.717) is 0 Å². The zero-order valence-electron chi connectivity index (χ0n) is 8.44. The highest BCUT2D eigenvalue weighted by molar-refractivity contribution is 7.18. The second-order valence-electron chi connectivity index (χ2n) is 3.88. The van der Waals surface area contributed by atoms with E-state index in [1.165, 1.54) is 20.9 Å². The predicted molar refractivity (Wildman–Crippen MR) is 69.1 cm³/mol. The first kappa shape index (κ1) is 8.36. The Morgan fingerprint density at radius 1 is 0.875 bits per heavy atom. The first-order chi connectivity index (χ1) is 7.93. The lowest BCUT2D eigenvalue weighted by molar-refractivity contribution is 0.669. The van der Waals surface area contributed by atoms with Crippen LogP contribution in [0.2, 0.25) is 0 Å². The molecule has 0 saturated heterocycles. The van der Waals surface area contributed by atoms with Gasteiger partial charge in [0.05, 0.1) is 0 Å². The number of thiophene rings is 1. The van der Waals surface area contributed by atoms with Gasteiger partial charge in [0.15, 0.2) is 0 Å². The van der Waals surface area contributed by atoms with Gasteiger partial charge in [-0.2, -0.15) is 0 Å². The summed E-state index contributed by atoms with van der Waals surface area (Å²) in [5.41, 5.74) is 1.95. The summed E-state index contributed by atoms with van der Waals surface area (Å²) in [5, 5.41) is 5.89. The van der Waals surface area contributed by atoms with Crippen molar-refractivity contribution in [3.63, 3.8) is 0 Å². The quantitative estimate of drug-likeness (QED) is 0.418. The lowest BCUT2D eigenvalue weighted by atomic mass is 10.1. The Kier molecular flexibility index (Phi) is 1.50. The van der Waals surface area contributed by atoms with Gasteiger partial charge in [0.2, 0.25) is 0 Å². The highest BCUT2D eigenvalue weighted by Crippen LogP contribution is 2.36. The van der Waals surface area contributed by atoms with Crippen molar-refractivity contribution >= 4 is 43.4 Å². The fourth-order valence-corrected chi connectivity index (χ4v) is 3.19. The van der Waals surface area contributed by atoms with Gasteiger partial charge < -0.3 is 4.42 Å². The van der Waals surface area contributed by atoms with Gasteiger partial charge in [-0.3, -0.25) is 0 Å². The highest BCUT2D eigenvalue weighted by Gasteiger charge is 2.09. The maximum atomic E-state index is 5.84. The van der Waals surface area contributed by atoms with Crippen LogP contribution in [0.1, 0.15) is 0 Å². The molecule has 4 rings (SSSR count). The maximum absolute atomic E-state index is 5.84. The number of furan rings is 1. The topological polar surface area (TPSA) is 13.1 Å². The molecule has 0 aliphatic carbocycles. The Morgan fingerprint density at radius 3 is 2.81 bits per heavy atom. The van der Waals surface area contributed by atoms with Crippen molar-refractivity contribution < 1.29 is 4.42 Å². The third-order valence-corrected chi connectivity index (χ3v) is 3.91. The molecule has 2 heterocycles. The van der Waals surface area contributed by atoms with Gasteiger partial charge in [0.1, 0.15) is 11.2 Å². The van der Waals surface area contributed by atoms with Crippen molar-refractivity contribution in [2.24, 2.45) is 0 Å². The lowest BCUT2D eigenvalue weighted by Gasteiger charge is -1.91. The molecule has 0 fully saturated rings. The number of fused-ring (bicyclic) bond motifs is 5. The molecule has 2 aromatic carbocycles. The molecule has 0 amide bonds. The number of hydrogen-bond donors (Lipinski definition) is 0. The smallest absolute Gasteiger partial charge is 0.136 e. The summed E-state index contributed by atoms with van der Waals surface area (Å²) in [4.78, 5) is 0. The van der Waals surface area contributed by atoms with Crippen LogP contribution in [-0.2, 0) is 0 Å². The van der Waals surface area contributed by atoms with E-state index in [9.17, 15) is 0 Å². The molecular formula is C14H8OS. The minimum Gasteiger partial charge on any atom is -0.456 e. The molecular weight excluding hydrogens is 216 g/mol. The van der Waals surface area contributed by atoms with Crippen molar-refractivity contribution in [1.82, 2.24) is 0 Å². The Balaban J connectivity index is 2.42. The van der Waals surface area contributed by atoms with Crippen LogP contribution in [0, 0.1) is 0 Å². The van der Waals surface area contributed by atoms with Crippen molar-refractivity contribution in [2.75, 3.05) is 0 Å². The fraction of sp³-hybridized carbons (Fsp3) is 0. The second-order valence-corrected chi connectivity index (χ2v) is 4.79. The minimum absolute atomic E-state index is 0.971. The SMILES string of the molecule is c1ccc2c(c1)oc1ccc3ccsc3c12. The molecule has 0 bridgehead atoms. The Hall–Kier alpha value is -1.80. The third-order valence-electron chi connectivity index (χ3n) is 2.96. The summed E-state index contributed by atoms with van der Waals surface area (Å²) in [6.07, 6.45) is 0. The summed E-state index contributed by atoms with van der Waals surface area (Å²) in [7, 11) is 0. The minimum atomic E-state index is 0.971. The van der Waals surface area contributed by atoms with E-state index in [-0.39, 0.29) is 0 Å². The van der Waals surface area contributed by atoms with Gasteiger partial charge >= 0.3 is 0 Å². The van der Waals surface area contributed by atoms with E-state index in [0.717, 1.165) is 11.2 Å². The van der Waals surface area contributed by atoms with Gasteiger partial charge in [0.25, 0.3) is 0 Å². The lowest BCUT2D eigenvalue weighted by Crippen LogP contribution is -1.66. The van der Waals surface area contributed by atoms with E-state index < -0.39 is 0 Å². The molecule has 16 heavy (non-hydrogen) atoms. The molecule has 0 aliphatic heterocycles. The van der Waals surface area contributed by atoms with Gasteiger partial charge in [-0.25, -0.2) is 0 Å². The molecule has 0 unspecified atom stereocenters. The van der Waals surface area contributed by atoms with E-state index in [1.54, 1.807) is 11.3 Å². The van der Waals surface area contributed by atoms with Crippen LogP contribution in [0.4, 0.5) is 0 Å². The largest absolute Gasteiger partial charge is 0.456 e. The van der Waals surface area contributed by atoms with E-state index in [2.05, 4.69) is 35.7 Å². The van der Waals surface area contributed by atoms with Gasteiger partial charge in [0, 0.05) is 15.5 Å². The summed E-state index contributed by atoms with van der Waals surface area (Å²) >= 11 is 1.78. The van der Waals surface area contributed by atoms with Crippen LogP contribution in [0.15, 0.2) is 52.3 Å². The highest BCUT2D eigenvalue weighted by atomic mass is 32.1. The van der Waals surface area contributed by atoms with Crippen LogP contribution in [0.5, 0.6) is 0 Å². The fourth-order valence-electron chi connectivity index (χ4n) is 2.24. The van der Waals surface area contributed by atoms with Crippen molar-refractivity contribution in [2.45, 2.75) is 0 Å². The molecule has 0 aliphatic rings. The van der Waals surface area contributed by atoms with E-state index in [4.69, 9.17) is 4.42 Å².